The van der Waals surface area contributed by atoms with Crippen LogP contribution in [0.25, 0.3) is 0 Å². The van der Waals surface area contributed by atoms with Crippen molar-refractivity contribution in [2.24, 2.45) is 0 Å². The molecule has 0 saturated carbocycles. The van der Waals surface area contributed by atoms with Gasteiger partial charge >= 0.3 is 5.97 Å². The van der Waals surface area contributed by atoms with Crippen molar-refractivity contribution in [1.29, 1.82) is 0 Å². The monoisotopic (exact) mass is 330 g/mol. The van der Waals surface area contributed by atoms with E-state index in [2.05, 4.69) is 15.9 Å². The van der Waals surface area contributed by atoms with Crippen LogP contribution in [0.5, 0.6) is 0 Å². The molecule has 1 atom stereocenters. The van der Waals surface area contributed by atoms with E-state index in [0.29, 0.717) is 22.1 Å². The molecule has 1 aromatic carbocycles. The molecule has 19 heavy (non-hydrogen) atoms. The summed E-state index contributed by atoms with van der Waals surface area (Å²) in [4.78, 5) is 23.1. The van der Waals surface area contributed by atoms with Gasteiger partial charge in [-0.3, -0.25) is 10.1 Å². The molecular weight excluding hydrogens is 316 g/mol. The lowest BCUT2D eigenvalue weighted by molar-refractivity contribution is -0.385. The van der Waals surface area contributed by atoms with E-state index in [1.807, 2.05) is 0 Å². The van der Waals surface area contributed by atoms with Crippen molar-refractivity contribution in [3.8, 4) is 0 Å². The first-order chi connectivity index (χ1) is 8.79. The van der Waals surface area contributed by atoms with Crippen LogP contribution in [0.4, 0.5) is 11.4 Å². The SMILES string of the molecule is CCC(C(=O)O)N(C)c1cc(C)c([N+](=O)[O-])cc1Br. The number of nitrogens with zero attached hydrogens (tertiary/aromatic N) is 2. The molecule has 0 radical (unpaired) electrons. The highest BCUT2D eigenvalue weighted by atomic mass is 79.9. The Labute approximate surface area is 119 Å². The smallest absolute Gasteiger partial charge is 0.326 e. The first-order valence-corrected chi connectivity index (χ1v) is 6.49. The Morgan fingerprint density at radius 1 is 1.58 bits per heavy atom. The number of halogens is 1. The molecule has 1 aromatic rings. The number of aliphatic carboxylic acids is 1. The van der Waals surface area contributed by atoms with Gasteiger partial charge in [-0.2, -0.15) is 0 Å². The summed E-state index contributed by atoms with van der Waals surface area (Å²) in [5.41, 5.74) is 1.13. The van der Waals surface area contributed by atoms with Crippen LogP contribution in [-0.2, 0) is 4.79 Å². The van der Waals surface area contributed by atoms with E-state index in [1.54, 1.807) is 31.9 Å². The van der Waals surface area contributed by atoms with Crippen LogP contribution in [0.15, 0.2) is 16.6 Å². The normalized spacial score (nSPS) is 12.0. The molecule has 1 unspecified atom stereocenters. The number of likely N-dealkylation sites (N-methyl/N-ethyl adjacent to an activating group) is 1. The average Bonchev–Trinajstić information content (AvgIpc) is 2.31. The Kier molecular flexibility index (Phi) is 4.88. The Balaban J connectivity index is 3.25. The summed E-state index contributed by atoms with van der Waals surface area (Å²) < 4.78 is 0.506. The molecule has 1 N–H and O–H groups in total. The molecule has 0 heterocycles. The lowest BCUT2D eigenvalue weighted by Crippen LogP contribution is -2.38. The van der Waals surface area contributed by atoms with Gasteiger partial charge in [-0.25, -0.2) is 4.79 Å². The Morgan fingerprint density at radius 3 is 2.58 bits per heavy atom. The summed E-state index contributed by atoms with van der Waals surface area (Å²) in [7, 11) is 1.66. The summed E-state index contributed by atoms with van der Waals surface area (Å²) in [6.45, 7) is 3.41. The lowest BCUT2D eigenvalue weighted by Gasteiger charge is -2.27. The molecule has 0 aliphatic heterocycles. The summed E-state index contributed by atoms with van der Waals surface area (Å²) in [5.74, 6) is -0.923. The van der Waals surface area contributed by atoms with Crippen LogP contribution in [0, 0.1) is 17.0 Å². The third-order valence-corrected chi connectivity index (χ3v) is 3.62. The van der Waals surface area contributed by atoms with Gasteiger partial charge in [0.25, 0.3) is 5.69 Å². The number of aryl methyl sites for hydroxylation is 1. The highest BCUT2D eigenvalue weighted by molar-refractivity contribution is 9.10. The second-order valence-corrected chi connectivity index (χ2v) is 5.07. The number of nitro benzene ring substituents is 1. The summed E-state index contributed by atoms with van der Waals surface area (Å²) in [6.07, 6.45) is 0.439. The third kappa shape index (κ3) is 3.23. The van der Waals surface area contributed by atoms with Crippen molar-refractivity contribution in [2.45, 2.75) is 26.3 Å². The van der Waals surface area contributed by atoms with Gasteiger partial charge in [0, 0.05) is 23.2 Å². The topological polar surface area (TPSA) is 83.7 Å². The lowest BCUT2D eigenvalue weighted by atomic mass is 10.1. The van der Waals surface area contributed by atoms with Gasteiger partial charge in [-0.05, 0) is 35.3 Å². The Morgan fingerprint density at radius 2 is 2.16 bits per heavy atom. The zero-order valence-corrected chi connectivity index (χ0v) is 12.5. The van der Waals surface area contributed by atoms with Crippen molar-refractivity contribution >= 4 is 33.3 Å². The number of anilines is 1. The second-order valence-electron chi connectivity index (χ2n) is 4.22. The van der Waals surface area contributed by atoms with Crippen molar-refractivity contribution in [1.82, 2.24) is 0 Å². The maximum absolute atomic E-state index is 11.2. The van der Waals surface area contributed by atoms with E-state index < -0.39 is 16.9 Å². The molecule has 0 aromatic heterocycles. The van der Waals surface area contributed by atoms with Gasteiger partial charge in [0.05, 0.1) is 10.6 Å². The number of carboxylic acids is 1. The molecule has 0 fully saturated rings. The number of hydrogen-bond donors (Lipinski definition) is 1. The van der Waals surface area contributed by atoms with Gasteiger partial charge in [0.2, 0.25) is 0 Å². The molecule has 1 rings (SSSR count). The van der Waals surface area contributed by atoms with Crippen LogP contribution in [0.3, 0.4) is 0 Å². The fourth-order valence-corrected chi connectivity index (χ4v) is 2.52. The Hall–Kier alpha value is -1.63. The summed E-state index contributed by atoms with van der Waals surface area (Å²) in [6, 6.07) is 2.35. The second kappa shape index (κ2) is 6.01. The van der Waals surface area contributed by atoms with E-state index in [0.717, 1.165) is 0 Å². The molecule has 0 amide bonds. The minimum Gasteiger partial charge on any atom is -0.480 e. The van der Waals surface area contributed by atoms with Gasteiger partial charge in [-0.1, -0.05) is 6.92 Å². The predicted molar refractivity (Wildman–Crippen MR) is 75.7 cm³/mol. The molecule has 0 saturated heterocycles. The van der Waals surface area contributed by atoms with Gasteiger partial charge < -0.3 is 10.0 Å². The molecule has 0 spiro atoms. The first kappa shape index (κ1) is 15.4. The highest BCUT2D eigenvalue weighted by Gasteiger charge is 2.24. The number of carboxylic acid groups (broad SMARTS) is 1. The standard InChI is InChI=1S/C12H15BrN2O4/c1-4-9(12(16)17)14(3)11-5-7(2)10(15(18)19)6-8(11)13/h5-6,9H,4H2,1-3H3,(H,16,17). The van der Waals surface area contributed by atoms with Gasteiger partial charge in [-0.15, -0.1) is 0 Å². The van der Waals surface area contributed by atoms with E-state index in [9.17, 15) is 14.9 Å². The van der Waals surface area contributed by atoms with Crippen LogP contribution in [0.2, 0.25) is 0 Å². The minimum atomic E-state index is -0.923. The zero-order chi connectivity index (χ0) is 14.7. The Bertz CT molecular complexity index is 519. The quantitative estimate of drug-likeness (QED) is 0.662. The van der Waals surface area contributed by atoms with E-state index in [1.165, 1.54) is 6.07 Å². The maximum atomic E-state index is 11.2. The highest BCUT2D eigenvalue weighted by Crippen LogP contribution is 2.33. The molecule has 0 aliphatic rings. The number of carbonyl (C=O) groups is 1. The van der Waals surface area contributed by atoms with Crippen LogP contribution in [-0.4, -0.2) is 29.1 Å². The number of hydrogen-bond acceptors (Lipinski definition) is 4. The summed E-state index contributed by atoms with van der Waals surface area (Å²) >= 11 is 3.26. The van der Waals surface area contributed by atoms with Crippen molar-refractivity contribution in [3.63, 3.8) is 0 Å². The molecule has 0 bridgehead atoms. The van der Waals surface area contributed by atoms with E-state index in [-0.39, 0.29) is 5.69 Å². The van der Waals surface area contributed by atoms with Crippen molar-refractivity contribution in [2.75, 3.05) is 11.9 Å². The molecule has 7 heteroatoms. The maximum Gasteiger partial charge on any atom is 0.326 e. The van der Waals surface area contributed by atoms with Crippen LogP contribution < -0.4 is 4.90 Å². The fourth-order valence-electron chi connectivity index (χ4n) is 1.90. The van der Waals surface area contributed by atoms with E-state index >= 15 is 0 Å². The molecule has 104 valence electrons. The van der Waals surface area contributed by atoms with Crippen LogP contribution in [0.1, 0.15) is 18.9 Å². The number of nitro groups is 1. The number of benzene rings is 1. The van der Waals surface area contributed by atoms with Gasteiger partial charge in [0.15, 0.2) is 0 Å². The first-order valence-electron chi connectivity index (χ1n) is 5.69. The fraction of sp³-hybridized carbons (Fsp3) is 0.417. The number of rotatable bonds is 5. The largest absolute Gasteiger partial charge is 0.480 e. The van der Waals surface area contributed by atoms with Crippen LogP contribution >= 0.6 is 15.9 Å². The minimum absolute atomic E-state index is 0.00685. The molecule has 6 nitrogen and oxygen atoms in total. The van der Waals surface area contributed by atoms with Crippen molar-refractivity contribution < 1.29 is 14.8 Å². The predicted octanol–water partition coefficient (Wildman–Crippen LogP) is 2.97. The molecular formula is C12H15BrN2O4. The molecule has 0 aliphatic carbocycles. The van der Waals surface area contributed by atoms with E-state index in [4.69, 9.17) is 5.11 Å². The van der Waals surface area contributed by atoms with Gasteiger partial charge in [0.1, 0.15) is 6.04 Å². The average molecular weight is 331 g/mol. The summed E-state index contributed by atoms with van der Waals surface area (Å²) in [5, 5.41) is 20.0. The van der Waals surface area contributed by atoms with Crippen molar-refractivity contribution in [3.05, 3.63) is 32.3 Å². The zero-order valence-electron chi connectivity index (χ0n) is 10.9. The third-order valence-electron chi connectivity index (χ3n) is 2.98.